The molecule has 0 aliphatic rings. The third-order valence-corrected chi connectivity index (χ3v) is 5.08. The van der Waals surface area contributed by atoms with E-state index in [9.17, 15) is 8.42 Å². The van der Waals surface area contributed by atoms with Crippen molar-refractivity contribution in [3.05, 3.63) is 29.0 Å². The first-order valence-corrected chi connectivity index (χ1v) is 8.87. The minimum absolute atomic E-state index is 0.0351. The van der Waals surface area contributed by atoms with Crippen LogP contribution < -0.4 is 10.0 Å². The fourth-order valence-electron chi connectivity index (χ4n) is 1.58. The van der Waals surface area contributed by atoms with Gasteiger partial charge in [0.2, 0.25) is 16.0 Å². The van der Waals surface area contributed by atoms with Gasteiger partial charge in [-0.1, -0.05) is 6.92 Å². The van der Waals surface area contributed by atoms with Crippen molar-refractivity contribution >= 4 is 27.3 Å². The van der Waals surface area contributed by atoms with Gasteiger partial charge in [-0.3, -0.25) is 0 Å². The summed E-state index contributed by atoms with van der Waals surface area (Å²) in [6, 6.07) is -0.395. The van der Waals surface area contributed by atoms with E-state index in [0.29, 0.717) is 11.0 Å². The van der Waals surface area contributed by atoms with Gasteiger partial charge in [0.05, 0.1) is 18.4 Å². The van der Waals surface area contributed by atoms with E-state index in [2.05, 4.69) is 25.0 Å². The topological polar surface area (TPSA) is 96.9 Å². The summed E-state index contributed by atoms with van der Waals surface area (Å²) in [6.07, 6.45) is 5.17. The number of sulfonamides is 1. The van der Waals surface area contributed by atoms with Crippen LogP contribution in [0.5, 0.6) is 0 Å². The van der Waals surface area contributed by atoms with Crippen LogP contribution in [0.3, 0.4) is 0 Å². The number of rotatable bonds is 7. The molecule has 2 aromatic heterocycles. The molecule has 2 N–H and O–H groups in total. The summed E-state index contributed by atoms with van der Waals surface area (Å²) in [5.74, 6) is 0.420. The number of anilines is 1. The summed E-state index contributed by atoms with van der Waals surface area (Å²) in [4.78, 5) is 12.1. The Balaban J connectivity index is 2.08. The second kappa shape index (κ2) is 6.92. The number of nitrogens with zero attached hydrogens (tertiary/aromatic N) is 3. The molecule has 0 fully saturated rings. The van der Waals surface area contributed by atoms with Gasteiger partial charge in [0.1, 0.15) is 9.90 Å². The maximum Gasteiger partial charge on any atom is 0.244 e. The lowest BCUT2D eigenvalue weighted by molar-refractivity contribution is 0.565. The second-order valence-electron chi connectivity index (χ2n) is 4.38. The first kappa shape index (κ1) is 15.8. The van der Waals surface area contributed by atoms with Crippen molar-refractivity contribution < 1.29 is 8.42 Å². The standard InChI is InChI=1S/C12H17N5O2S2/c1-3-4-14-12-15-7-10(8-16-12)21(18,19)17-9(2)11-13-5-6-20-11/h5-9,17H,3-4H2,1-2H3,(H,14,15,16). The number of hydrogen-bond donors (Lipinski definition) is 2. The van der Waals surface area contributed by atoms with Gasteiger partial charge in [-0.2, -0.15) is 0 Å². The quantitative estimate of drug-likeness (QED) is 0.805. The van der Waals surface area contributed by atoms with Gasteiger partial charge in [-0.25, -0.2) is 28.1 Å². The molecule has 1 unspecified atom stereocenters. The molecule has 0 aliphatic carbocycles. The van der Waals surface area contributed by atoms with E-state index in [1.54, 1.807) is 18.5 Å². The van der Waals surface area contributed by atoms with Crippen molar-refractivity contribution in [3.8, 4) is 0 Å². The molecule has 7 nitrogen and oxygen atoms in total. The van der Waals surface area contributed by atoms with E-state index in [1.807, 2.05) is 6.92 Å². The van der Waals surface area contributed by atoms with E-state index in [4.69, 9.17) is 0 Å². The van der Waals surface area contributed by atoms with Crippen molar-refractivity contribution in [3.63, 3.8) is 0 Å². The molecule has 21 heavy (non-hydrogen) atoms. The molecule has 9 heteroatoms. The third-order valence-electron chi connectivity index (χ3n) is 2.63. The van der Waals surface area contributed by atoms with Crippen molar-refractivity contribution in [2.75, 3.05) is 11.9 Å². The van der Waals surface area contributed by atoms with Crippen molar-refractivity contribution in [1.82, 2.24) is 19.7 Å². The second-order valence-corrected chi connectivity index (χ2v) is 7.02. The molecule has 2 heterocycles. The monoisotopic (exact) mass is 327 g/mol. The van der Waals surface area contributed by atoms with Crippen LogP contribution in [0.1, 0.15) is 31.3 Å². The average molecular weight is 327 g/mol. The predicted molar refractivity (Wildman–Crippen MR) is 81.7 cm³/mol. The van der Waals surface area contributed by atoms with Crippen molar-refractivity contribution in [1.29, 1.82) is 0 Å². The summed E-state index contributed by atoms with van der Waals surface area (Å²) < 4.78 is 27.0. The summed E-state index contributed by atoms with van der Waals surface area (Å²) in [7, 11) is -3.66. The van der Waals surface area contributed by atoms with Gasteiger partial charge in [-0.05, 0) is 13.3 Å². The first-order valence-electron chi connectivity index (χ1n) is 6.50. The zero-order chi connectivity index (χ0) is 15.3. The Bertz CT molecular complexity index is 655. The smallest absolute Gasteiger partial charge is 0.244 e. The lowest BCUT2D eigenvalue weighted by Gasteiger charge is -2.11. The molecule has 114 valence electrons. The highest BCUT2D eigenvalue weighted by atomic mass is 32.2. The van der Waals surface area contributed by atoms with Crippen LogP contribution in [0.4, 0.5) is 5.95 Å². The molecular formula is C12H17N5O2S2. The predicted octanol–water partition coefficient (Wildman–Crippen LogP) is 1.79. The number of hydrogen-bond acceptors (Lipinski definition) is 7. The van der Waals surface area contributed by atoms with Crippen LogP contribution in [-0.4, -0.2) is 29.9 Å². The Morgan fingerprint density at radius 3 is 2.57 bits per heavy atom. The number of thiazole rings is 1. The zero-order valence-corrected chi connectivity index (χ0v) is 13.4. The summed E-state index contributed by atoms with van der Waals surface area (Å²) >= 11 is 1.40. The number of aromatic nitrogens is 3. The first-order chi connectivity index (χ1) is 10.0. The molecule has 0 spiro atoms. The molecule has 2 rings (SSSR count). The maximum atomic E-state index is 12.2. The Labute approximate surface area is 127 Å². The third kappa shape index (κ3) is 4.19. The molecule has 0 bridgehead atoms. The van der Waals surface area contributed by atoms with Gasteiger partial charge in [0, 0.05) is 18.1 Å². The van der Waals surface area contributed by atoms with E-state index in [1.165, 1.54) is 23.7 Å². The van der Waals surface area contributed by atoms with Crippen LogP contribution in [0, 0.1) is 0 Å². The molecule has 1 atom stereocenters. The highest BCUT2D eigenvalue weighted by molar-refractivity contribution is 7.89. The largest absolute Gasteiger partial charge is 0.354 e. The zero-order valence-electron chi connectivity index (χ0n) is 11.8. The minimum atomic E-state index is -3.66. The fourth-order valence-corrected chi connectivity index (χ4v) is 3.40. The van der Waals surface area contributed by atoms with Gasteiger partial charge in [0.15, 0.2) is 0 Å². The van der Waals surface area contributed by atoms with Crippen molar-refractivity contribution in [2.24, 2.45) is 0 Å². The van der Waals surface area contributed by atoms with Gasteiger partial charge >= 0.3 is 0 Å². The molecule has 0 amide bonds. The molecule has 0 saturated heterocycles. The summed E-state index contributed by atoms with van der Waals surface area (Å²) in [6.45, 7) is 4.51. The van der Waals surface area contributed by atoms with Crippen LogP contribution in [0.2, 0.25) is 0 Å². The van der Waals surface area contributed by atoms with Crippen LogP contribution in [0.25, 0.3) is 0 Å². The maximum absolute atomic E-state index is 12.2. The highest BCUT2D eigenvalue weighted by Gasteiger charge is 2.20. The molecule has 0 aliphatic heterocycles. The Hall–Kier alpha value is -1.58. The molecule has 2 aromatic rings. The van der Waals surface area contributed by atoms with E-state index >= 15 is 0 Å². The number of nitrogens with one attached hydrogen (secondary N) is 2. The van der Waals surface area contributed by atoms with E-state index < -0.39 is 16.1 Å². The molecule has 0 radical (unpaired) electrons. The Kier molecular flexibility index (Phi) is 5.21. The SMILES string of the molecule is CCCNc1ncc(S(=O)(=O)NC(C)c2nccs2)cn1. The van der Waals surface area contributed by atoms with Crippen molar-refractivity contribution in [2.45, 2.75) is 31.2 Å². The van der Waals surface area contributed by atoms with Crippen LogP contribution >= 0.6 is 11.3 Å². The normalized spacial score (nSPS) is 13.0. The van der Waals surface area contributed by atoms with Crippen LogP contribution in [0.15, 0.2) is 28.9 Å². The minimum Gasteiger partial charge on any atom is -0.354 e. The molecular weight excluding hydrogens is 310 g/mol. The Morgan fingerprint density at radius 2 is 2.00 bits per heavy atom. The lowest BCUT2D eigenvalue weighted by Crippen LogP contribution is -2.27. The summed E-state index contributed by atoms with van der Waals surface area (Å²) in [5.41, 5.74) is 0. The van der Waals surface area contributed by atoms with E-state index in [-0.39, 0.29) is 4.90 Å². The van der Waals surface area contributed by atoms with Crippen LogP contribution in [-0.2, 0) is 10.0 Å². The van der Waals surface area contributed by atoms with Gasteiger partial charge in [-0.15, -0.1) is 11.3 Å². The molecule has 0 saturated carbocycles. The average Bonchev–Trinajstić information content (AvgIpc) is 2.99. The van der Waals surface area contributed by atoms with E-state index in [0.717, 1.165) is 13.0 Å². The molecule has 0 aromatic carbocycles. The van der Waals surface area contributed by atoms with Gasteiger partial charge in [0.25, 0.3) is 0 Å². The Morgan fingerprint density at radius 1 is 1.29 bits per heavy atom. The lowest BCUT2D eigenvalue weighted by atomic mass is 10.4. The van der Waals surface area contributed by atoms with Gasteiger partial charge < -0.3 is 5.32 Å². The summed E-state index contributed by atoms with van der Waals surface area (Å²) in [5, 5.41) is 5.50. The fraction of sp³-hybridized carbons (Fsp3) is 0.417. The highest BCUT2D eigenvalue weighted by Crippen LogP contribution is 2.18.